The Morgan fingerprint density at radius 3 is 2.87 bits per heavy atom. The number of amides is 2. The van der Waals surface area contributed by atoms with Crippen LogP contribution in [0.15, 0.2) is 24.3 Å². The summed E-state index contributed by atoms with van der Waals surface area (Å²) in [6.45, 7) is 0.517. The Morgan fingerprint density at radius 2 is 2.20 bits per heavy atom. The second kappa shape index (κ2) is 5.87. The molecule has 1 rings (SSSR count). The second-order valence-corrected chi connectivity index (χ2v) is 2.96. The minimum Gasteiger partial charge on any atom is -0.496 e. The van der Waals surface area contributed by atoms with Gasteiger partial charge in [-0.3, -0.25) is 5.43 Å². The molecule has 0 aliphatic carbocycles. The maximum absolute atomic E-state index is 10.8. The first-order valence-corrected chi connectivity index (χ1v) is 4.64. The van der Waals surface area contributed by atoms with Crippen LogP contribution < -0.4 is 21.3 Å². The van der Waals surface area contributed by atoms with Gasteiger partial charge in [0.05, 0.1) is 7.11 Å². The summed E-state index contributed by atoms with van der Waals surface area (Å²) in [6.07, 6.45) is 0.706. The number of ether oxygens (including phenoxy) is 1. The number of hydrogen-bond acceptors (Lipinski definition) is 3. The van der Waals surface area contributed by atoms with E-state index >= 15 is 0 Å². The molecule has 5 nitrogen and oxygen atoms in total. The smallest absolute Gasteiger partial charge is 0.328 e. The summed E-state index contributed by atoms with van der Waals surface area (Å²) in [7, 11) is 1.62. The first kappa shape index (κ1) is 11.3. The molecule has 0 aliphatic heterocycles. The van der Waals surface area contributed by atoms with E-state index in [1.807, 2.05) is 29.7 Å². The second-order valence-electron chi connectivity index (χ2n) is 2.96. The first-order valence-electron chi connectivity index (χ1n) is 4.64. The Morgan fingerprint density at radius 1 is 1.47 bits per heavy atom. The van der Waals surface area contributed by atoms with Gasteiger partial charge in [-0.25, -0.2) is 10.6 Å². The average Bonchev–Trinajstić information content (AvgIpc) is 2.29. The summed E-state index contributed by atoms with van der Waals surface area (Å²) in [5.74, 6) is 5.75. The van der Waals surface area contributed by atoms with Crippen LogP contribution in [-0.4, -0.2) is 19.7 Å². The molecule has 0 aromatic heterocycles. The summed E-state index contributed by atoms with van der Waals surface area (Å²) < 4.78 is 5.18. The Bertz CT molecular complexity index is 328. The molecule has 1 aromatic carbocycles. The molecule has 0 saturated carbocycles. The largest absolute Gasteiger partial charge is 0.496 e. The third-order valence-electron chi connectivity index (χ3n) is 2.00. The molecule has 0 heterocycles. The van der Waals surface area contributed by atoms with Crippen LogP contribution in [0.3, 0.4) is 0 Å². The van der Waals surface area contributed by atoms with Gasteiger partial charge in [-0.05, 0) is 18.1 Å². The van der Waals surface area contributed by atoms with Crippen molar-refractivity contribution >= 4 is 6.03 Å². The van der Waals surface area contributed by atoms with E-state index in [1.54, 1.807) is 7.11 Å². The molecule has 15 heavy (non-hydrogen) atoms. The summed E-state index contributed by atoms with van der Waals surface area (Å²) >= 11 is 0. The van der Waals surface area contributed by atoms with Crippen LogP contribution >= 0.6 is 0 Å². The number of nitrogens with one attached hydrogen (secondary N) is 2. The fourth-order valence-corrected chi connectivity index (χ4v) is 1.27. The van der Waals surface area contributed by atoms with E-state index in [0.717, 1.165) is 11.3 Å². The molecule has 82 valence electrons. The van der Waals surface area contributed by atoms with Gasteiger partial charge in [-0.2, -0.15) is 0 Å². The monoisotopic (exact) mass is 209 g/mol. The van der Waals surface area contributed by atoms with E-state index in [9.17, 15) is 4.79 Å². The van der Waals surface area contributed by atoms with Gasteiger partial charge in [0.15, 0.2) is 0 Å². The number of carbonyl (C=O) groups excluding carboxylic acids is 1. The molecule has 0 unspecified atom stereocenters. The zero-order chi connectivity index (χ0) is 11.1. The van der Waals surface area contributed by atoms with Crippen molar-refractivity contribution in [2.75, 3.05) is 13.7 Å². The number of methoxy groups -OCH3 is 1. The molecule has 5 heteroatoms. The predicted molar refractivity (Wildman–Crippen MR) is 57.4 cm³/mol. The third kappa shape index (κ3) is 3.47. The molecular formula is C10H15N3O2. The van der Waals surface area contributed by atoms with Gasteiger partial charge in [-0.15, -0.1) is 0 Å². The number of hydrazine groups is 1. The van der Waals surface area contributed by atoms with Crippen molar-refractivity contribution in [3.63, 3.8) is 0 Å². The van der Waals surface area contributed by atoms with Crippen LogP contribution in [0.1, 0.15) is 5.56 Å². The number of nitrogens with two attached hydrogens (primary N) is 1. The summed E-state index contributed by atoms with van der Waals surface area (Å²) in [4.78, 5) is 10.8. The van der Waals surface area contributed by atoms with E-state index in [4.69, 9.17) is 10.6 Å². The number of urea groups is 1. The number of rotatable bonds is 4. The summed E-state index contributed by atoms with van der Waals surface area (Å²) in [6, 6.07) is 7.30. The zero-order valence-corrected chi connectivity index (χ0v) is 8.62. The highest BCUT2D eigenvalue weighted by molar-refractivity contribution is 5.72. The number of carbonyl (C=O) groups is 1. The molecule has 0 saturated heterocycles. The lowest BCUT2D eigenvalue weighted by Crippen LogP contribution is -2.40. The van der Waals surface area contributed by atoms with E-state index < -0.39 is 0 Å². The molecule has 0 atom stereocenters. The first-order chi connectivity index (χ1) is 7.27. The lowest BCUT2D eigenvalue weighted by Gasteiger charge is -2.08. The number of benzene rings is 1. The molecular weight excluding hydrogens is 194 g/mol. The van der Waals surface area contributed by atoms with Gasteiger partial charge >= 0.3 is 6.03 Å². The van der Waals surface area contributed by atoms with E-state index in [1.165, 1.54) is 0 Å². The van der Waals surface area contributed by atoms with Crippen LogP contribution in [0, 0.1) is 0 Å². The molecule has 2 amide bonds. The van der Waals surface area contributed by atoms with Crippen molar-refractivity contribution < 1.29 is 9.53 Å². The van der Waals surface area contributed by atoms with Gasteiger partial charge in [0.2, 0.25) is 0 Å². The summed E-state index contributed by atoms with van der Waals surface area (Å²) in [5.41, 5.74) is 3.05. The quantitative estimate of drug-likeness (QED) is 0.382. The highest BCUT2D eigenvalue weighted by Gasteiger charge is 2.01. The van der Waals surface area contributed by atoms with Crippen molar-refractivity contribution in [3.8, 4) is 5.75 Å². The topological polar surface area (TPSA) is 76.4 Å². The van der Waals surface area contributed by atoms with Gasteiger partial charge in [0.25, 0.3) is 0 Å². The molecule has 4 N–H and O–H groups in total. The van der Waals surface area contributed by atoms with Crippen LogP contribution in [-0.2, 0) is 6.42 Å². The zero-order valence-electron chi connectivity index (χ0n) is 8.62. The highest BCUT2D eigenvalue weighted by atomic mass is 16.5. The Kier molecular flexibility index (Phi) is 4.43. The SMILES string of the molecule is COc1ccccc1CCNC(=O)NN. The predicted octanol–water partition coefficient (Wildman–Crippen LogP) is 0.411. The summed E-state index contributed by atoms with van der Waals surface area (Å²) in [5, 5.41) is 2.60. The molecule has 0 bridgehead atoms. The Labute approximate surface area is 88.6 Å². The maximum atomic E-state index is 10.8. The van der Waals surface area contributed by atoms with Crippen molar-refractivity contribution in [1.82, 2.24) is 10.7 Å². The lowest BCUT2D eigenvalue weighted by atomic mass is 10.1. The fraction of sp³-hybridized carbons (Fsp3) is 0.300. The standard InChI is InChI=1S/C10H15N3O2/c1-15-9-5-3-2-4-8(9)6-7-12-10(14)13-11/h2-5H,6-7,11H2,1H3,(H2,12,13,14). The molecule has 0 fully saturated rings. The van der Waals surface area contributed by atoms with Crippen LogP contribution in [0.25, 0.3) is 0 Å². The third-order valence-corrected chi connectivity index (χ3v) is 2.00. The van der Waals surface area contributed by atoms with Crippen LogP contribution in [0.5, 0.6) is 5.75 Å². The van der Waals surface area contributed by atoms with E-state index in [-0.39, 0.29) is 6.03 Å². The van der Waals surface area contributed by atoms with Gasteiger partial charge < -0.3 is 10.1 Å². The van der Waals surface area contributed by atoms with Crippen molar-refractivity contribution in [3.05, 3.63) is 29.8 Å². The minimum absolute atomic E-state index is 0.384. The van der Waals surface area contributed by atoms with Crippen molar-refractivity contribution in [1.29, 1.82) is 0 Å². The Hall–Kier alpha value is -1.75. The van der Waals surface area contributed by atoms with E-state index in [2.05, 4.69) is 5.32 Å². The minimum atomic E-state index is -0.384. The maximum Gasteiger partial charge on any atom is 0.328 e. The van der Waals surface area contributed by atoms with Gasteiger partial charge in [0.1, 0.15) is 5.75 Å². The lowest BCUT2D eigenvalue weighted by molar-refractivity contribution is 0.241. The van der Waals surface area contributed by atoms with Crippen LogP contribution in [0.2, 0.25) is 0 Å². The van der Waals surface area contributed by atoms with E-state index in [0.29, 0.717) is 13.0 Å². The molecule has 1 aromatic rings. The number of hydrogen-bond donors (Lipinski definition) is 3. The Balaban J connectivity index is 2.46. The van der Waals surface area contributed by atoms with Crippen molar-refractivity contribution in [2.24, 2.45) is 5.84 Å². The average molecular weight is 209 g/mol. The molecule has 0 aliphatic rings. The number of para-hydroxylation sites is 1. The highest BCUT2D eigenvalue weighted by Crippen LogP contribution is 2.16. The van der Waals surface area contributed by atoms with Gasteiger partial charge in [0, 0.05) is 6.54 Å². The van der Waals surface area contributed by atoms with Crippen LogP contribution in [0.4, 0.5) is 4.79 Å². The molecule has 0 spiro atoms. The van der Waals surface area contributed by atoms with Gasteiger partial charge in [-0.1, -0.05) is 18.2 Å². The van der Waals surface area contributed by atoms with Crippen molar-refractivity contribution in [2.45, 2.75) is 6.42 Å². The molecule has 0 radical (unpaired) electrons. The fourth-order valence-electron chi connectivity index (χ4n) is 1.27. The normalized spacial score (nSPS) is 9.47.